The zero-order valence-electron chi connectivity index (χ0n) is 28.2. The highest BCUT2D eigenvalue weighted by molar-refractivity contribution is 5.89. The van der Waals surface area contributed by atoms with Gasteiger partial charge >= 0.3 is 5.97 Å². The highest BCUT2D eigenvalue weighted by atomic mass is 16.7. The molecule has 5 aromatic rings. The predicted molar refractivity (Wildman–Crippen MR) is 188 cm³/mol. The van der Waals surface area contributed by atoms with Crippen molar-refractivity contribution < 1.29 is 58.8 Å². The van der Waals surface area contributed by atoms with E-state index in [0.717, 1.165) is 18.5 Å². The molecule has 5 atom stereocenters. The molecule has 1 aliphatic heterocycles. The van der Waals surface area contributed by atoms with E-state index in [1.165, 1.54) is 24.3 Å². The van der Waals surface area contributed by atoms with E-state index in [4.69, 9.17) is 29.1 Å². The lowest BCUT2D eigenvalue weighted by Gasteiger charge is -2.39. The molecule has 3 heterocycles. The van der Waals surface area contributed by atoms with Crippen molar-refractivity contribution in [2.24, 2.45) is 0 Å². The minimum Gasteiger partial charge on any atom is -0.508 e. The van der Waals surface area contributed by atoms with Crippen LogP contribution in [-0.2, 0) is 21.6 Å². The molecule has 2 aliphatic rings. The molecule has 0 amide bonds. The molecule has 278 valence electrons. The molecule has 2 fully saturated rings. The number of carboxylic acids is 1. The van der Waals surface area contributed by atoms with E-state index in [2.05, 4.69) is 4.98 Å². The number of anilines is 1. The van der Waals surface area contributed by atoms with Gasteiger partial charge in [0.15, 0.2) is 23.0 Å². The number of aromatic amines is 1. The molecule has 7 rings (SSSR count). The zero-order chi connectivity index (χ0) is 37.4. The Labute approximate surface area is 301 Å². The Morgan fingerprint density at radius 2 is 1.70 bits per heavy atom. The predicted octanol–water partition coefficient (Wildman–Crippen LogP) is 3.52. The van der Waals surface area contributed by atoms with Gasteiger partial charge in [-0.25, -0.2) is 4.79 Å². The number of H-pyrrole nitrogens is 1. The Hall–Kier alpha value is -5.74. The number of benzene rings is 3. The third kappa shape index (κ3) is 7.06. The van der Waals surface area contributed by atoms with Crippen LogP contribution in [0.5, 0.6) is 28.7 Å². The first-order chi connectivity index (χ1) is 25.4. The molecule has 0 bridgehead atoms. The Kier molecular flexibility index (Phi) is 9.65. The van der Waals surface area contributed by atoms with Gasteiger partial charge in [-0.1, -0.05) is 12.1 Å². The van der Waals surface area contributed by atoms with Crippen LogP contribution in [0, 0.1) is 0 Å². The molecule has 15 nitrogen and oxygen atoms in total. The summed E-state index contributed by atoms with van der Waals surface area (Å²) in [5, 5.41) is 62.9. The van der Waals surface area contributed by atoms with Crippen LogP contribution < -0.4 is 25.4 Å². The van der Waals surface area contributed by atoms with Crippen LogP contribution in [0.15, 0.2) is 82.0 Å². The number of nitrogen functional groups attached to an aromatic ring is 1. The number of nitrogens with two attached hydrogens (primary N) is 1. The van der Waals surface area contributed by atoms with E-state index in [-0.39, 0.29) is 34.0 Å². The van der Waals surface area contributed by atoms with E-state index in [9.17, 15) is 40.2 Å². The summed E-state index contributed by atoms with van der Waals surface area (Å²) in [6.07, 6.45) is -6.80. The van der Waals surface area contributed by atoms with Gasteiger partial charge in [0.2, 0.25) is 12.0 Å². The summed E-state index contributed by atoms with van der Waals surface area (Å²) in [4.78, 5) is 28.6. The quantitative estimate of drug-likeness (QED) is 0.0969. The number of aliphatic hydroxyl groups is 3. The highest BCUT2D eigenvalue weighted by Gasteiger charge is 2.49. The van der Waals surface area contributed by atoms with Crippen molar-refractivity contribution in [3.05, 3.63) is 94.3 Å². The maximum absolute atomic E-state index is 13.7. The van der Waals surface area contributed by atoms with E-state index < -0.39 is 53.5 Å². The van der Waals surface area contributed by atoms with Crippen molar-refractivity contribution >= 4 is 22.8 Å². The first-order valence-corrected chi connectivity index (χ1v) is 17.0. The number of ether oxygens (including phenoxy) is 4. The Balaban J connectivity index is 1.26. The van der Waals surface area contributed by atoms with Crippen molar-refractivity contribution in [1.29, 1.82) is 0 Å². The number of phenolic OH excluding ortho intramolecular Hbond substituents is 2. The van der Waals surface area contributed by atoms with Crippen LogP contribution in [0.2, 0.25) is 0 Å². The van der Waals surface area contributed by atoms with Gasteiger partial charge in [0.1, 0.15) is 58.0 Å². The van der Waals surface area contributed by atoms with Crippen molar-refractivity contribution in [2.45, 2.75) is 68.4 Å². The van der Waals surface area contributed by atoms with Crippen LogP contribution in [-0.4, -0.2) is 78.9 Å². The Morgan fingerprint density at radius 3 is 2.38 bits per heavy atom. The van der Waals surface area contributed by atoms with Gasteiger partial charge in [0.25, 0.3) is 0 Å². The topological polar surface area (TPSA) is 247 Å². The lowest BCUT2D eigenvalue weighted by atomic mass is 9.91. The zero-order valence-corrected chi connectivity index (χ0v) is 28.2. The molecule has 15 heteroatoms. The van der Waals surface area contributed by atoms with E-state index in [0.29, 0.717) is 48.6 Å². The number of aliphatic hydroxyl groups excluding tert-OH is 3. The normalized spacial score (nSPS) is 22.4. The first kappa shape index (κ1) is 35.7. The second-order valence-electron chi connectivity index (χ2n) is 13.2. The average molecular weight is 731 g/mol. The molecule has 0 unspecified atom stereocenters. The number of fused-ring (bicyclic) bond motifs is 1. The molecular formula is C38H38N2O13. The van der Waals surface area contributed by atoms with Gasteiger partial charge in [0, 0.05) is 29.8 Å². The minimum absolute atomic E-state index is 0.0162. The van der Waals surface area contributed by atoms with Crippen LogP contribution in [0.1, 0.15) is 36.9 Å². The average Bonchev–Trinajstić information content (AvgIpc) is 3.79. The molecule has 2 aromatic heterocycles. The molecule has 53 heavy (non-hydrogen) atoms. The number of nitrogens with one attached hydrogen (secondary N) is 1. The number of carboxylic acid groups (broad SMARTS) is 1. The number of carbonyl (C=O) groups is 1. The van der Waals surface area contributed by atoms with Crippen LogP contribution >= 0.6 is 0 Å². The second-order valence-corrected chi connectivity index (χ2v) is 13.2. The summed E-state index contributed by atoms with van der Waals surface area (Å²) in [7, 11) is 0. The molecule has 0 spiro atoms. The lowest BCUT2D eigenvalue weighted by molar-refractivity contribution is -0.271. The van der Waals surface area contributed by atoms with Gasteiger partial charge < -0.3 is 64.7 Å². The van der Waals surface area contributed by atoms with Gasteiger partial charge in [-0.2, -0.15) is 0 Å². The fourth-order valence-corrected chi connectivity index (χ4v) is 6.84. The third-order valence-corrected chi connectivity index (χ3v) is 9.60. The summed E-state index contributed by atoms with van der Waals surface area (Å²) in [6.45, 7) is 0.381. The van der Waals surface area contributed by atoms with Gasteiger partial charge in [-0.3, -0.25) is 4.79 Å². The smallest absolute Gasteiger partial charge is 0.335 e. The first-order valence-electron chi connectivity index (χ1n) is 17.0. The summed E-state index contributed by atoms with van der Waals surface area (Å²) >= 11 is 0. The standard InChI is InChI=1S/C38H38N2O13/c39-28-11-8-21(40-28)12-15-49-23-9-6-19(7-10-23)25-17-24(42)29-26(50-25)18-27(51-37-33(46)31(44)32(45)35(52-37)36(47)48)34(30(29)43)53-38(13-1-2-14-38)20-4-3-5-22(41)16-20/h3-11,16-18,31-33,35,37,40-41,43-46H,1-2,12-15,39H2,(H,47,48)/t31-,32+,33-,35+,37-/m1/s1. The molecule has 1 saturated carbocycles. The van der Waals surface area contributed by atoms with Gasteiger partial charge in [0.05, 0.1) is 6.61 Å². The summed E-state index contributed by atoms with van der Waals surface area (Å²) < 4.78 is 29.8. The van der Waals surface area contributed by atoms with Crippen LogP contribution in [0.25, 0.3) is 22.3 Å². The summed E-state index contributed by atoms with van der Waals surface area (Å²) in [5.74, 6) is -1.73. The molecular weight excluding hydrogens is 692 g/mol. The number of rotatable bonds is 11. The number of hydrogen-bond donors (Lipinski definition) is 8. The van der Waals surface area contributed by atoms with Crippen LogP contribution in [0.3, 0.4) is 0 Å². The van der Waals surface area contributed by atoms with Gasteiger partial charge in [-0.15, -0.1) is 0 Å². The van der Waals surface area contributed by atoms with Crippen LogP contribution in [0.4, 0.5) is 5.82 Å². The van der Waals surface area contributed by atoms with Gasteiger partial charge in [-0.05, 0) is 79.8 Å². The number of phenols is 2. The maximum Gasteiger partial charge on any atom is 0.335 e. The Morgan fingerprint density at radius 1 is 0.943 bits per heavy atom. The molecule has 3 aromatic carbocycles. The lowest BCUT2D eigenvalue weighted by Crippen LogP contribution is -2.61. The highest BCUT2D eigenvalue weighted by Crippen LogP contribution is 2.51. The maximum atomic E-state index is 13.7. The Bertz CT molecular complexity index is 2170. The summed E-state index contributed by atoms with van der Waals surface area (Å²) in [5.41, 5.74) is 5.84. The van der Waals surface area contributed by atoms with E-state index >= 15 is 0 Å². The number of aromatic nitrogens is 1. The summed E-state index contributed by atoms with van der Waals surface area (Å²) in [6, 6.07) is 19.3. The SMILES string of the molecule is Nc1ccc(CCOc2ccc(-c3cc(=O)c4c(O)c(OC5(c6cccc(O)c6)CCCC5)c(O[C@@H]5O[C@H](C(=O)O)[C@@H](O)[C@@H](O)[C@H]5O)cc4o3)cc2)[nH]1. The van der Waals surface area contributed by atoms with Crippen molar-refractivity contribution in [3.8, 4) is 40.1 Å². The van der Waals surface area contributed by atoms with E-state index in [1.54, 1.807) is 42.5 Å². The fourth-order valence-electron chi connectivity index (χ4n) is 6.84. The molecule has 9 N–H and O–H groups in total. The number of aromatic hydroxyl groups is 2. The molecule has 1 saturated heterocycles. The number of aliphatic carboxylic acids is 1. The largest absolute Gasteiger partial charge is 0.508 e. The van der Waals surface area contributed by atoms with Crippen molar-refractivity contribution in [2.75, 3.05) is 12.3 Å². The number of hydrogen-bond acceptors (Lipinski definition) is 13. The fraction of sp³-hybridized carbons (Fsp3) is 0.316. The monoisotopic (exact) mass is 730 g/mol. The van der Waals surface area contributed by atoms with E-state index in [1.807, 2.05) is 6.07 Å². The second kappa shape index (κ2) is 14.4. The third-order valence-electron chi connectivity index (χ3n) is 9.60. The van der Waals surface area contributed by atoms with Crippen molar-refractivity contribution in [1.82, 2.24) is 4.98 Å². The minimum atomic E-state index is -1.98. The molecule has 0 radical (unpaired) electrons. The van der Waals surface area contributed by atoms with Crippen molar-refractivity contribution in [3.63, 3.8) is 0 Å². The molecule has 1 aliphatic carbocycles.